The van der Waals surface area contributed by atoms with Gasteiger partial charge in [0.2, 0.25) is 5.95 Å². The smallest absolute Gasteiger partial charge is 0.225 e. The second-order valence-electron chi connectivity index (χ2n) is 3.25. The number of thiocarbonyl (C=S) groups is 1. The first-order chi connectivity index (χ1) is 7.06. The molecule has 0 aliphatic heterocycles. The van der Waals surface area contributed by atoms with Crippen molar-refractivity contribution in [3.05, 3.63) is 18.0 Å². The van der Waals surface area contributed by atoms with Gasteiger partial charge in [-0.05, 0) is 13.0 Å². The topological polar surface area (TPSA) is 75.3 Å². The minimum atomic E-state index is -0.0494. The summed E-state index contributed by atoms with van der Waals surface area (Å²) in [4.78, 5) is 10.3. The van der Waals surface area contributed by atoms with Crippen molar-refractivity contribution < 1.29 is 5.11 Å². The van der Waals surface area contributed by atoms with E-state index in [-0.39, 0.29) is 17.6 Å². The summed E-state index contributed by atoms with van der Waals surface area (Å²) in [5.41, 5.74) is 6.00. The zero-order valence-electron chi connectivity index (χ0n) is 8.71. The van der Waals surface area contributed by atoms with E-state index >= 15 is 0 Å². The van der Waals surface area contributed by atoms with E-state index < -0.39 is 0 Å². The lowest BCUT2D eigenvalue weighted by Gasteiger charge is -2.23. The van der Waals surface area contributed by atoms with Gasteiger partial charge in [-0.2, -0.15) is 0 Å². The summed E-state index contributed by atoms with van der Waals surface area (Å²) in [5, 5.41) is 9.00. The Bertz CT molecular complexity index is 358. The largest absolute Gasteiger partial charge is 0.394 e. The van der Waals surface area contributed by atoms with E-state index in [1.807, 2.05) is 6.92 Å². The van der Waals surface area contributed by atoms with Gasteiger partial charge >= 0.3 is 0 Å². The highest BCUT2D eigenvalue weighted by atomic mass is 32.1. The van der Waals surface area contributed by atoms with Crippen LogP contribution in [-0.2, 0) is 0 Å². The predicted molar refractivity (Wildman–Crippen MR) is 62.9 cm³/mol. The fourth-order valence-electron chi connectivity index (χ4n) is 0.975. The van der Waals surface area contributed by atoms with Crippen LogP contribution < -0.4 is 10.6 Å². The minimum Gasteiger partial charge on any atom is -0.394 e. The molecule has 82 valence electrons. The van der Waals surface area contributed by atoms with Crippen LogP contribution >= 0.6 is 12.2 Å². The molecule has 1 rings (SSSR count). The Morgan fingerprint density at radius 2 is 2.40 bits per heavy atom. The number of rotatable bonds is 4. The third kappa shape index (κ3) is 2.84. The first kappa shape index (κ1) is 11.8. The quantitative estimate of drug-likeness (QED) is 0.700. The molecular formula is C9H14N4OS. The zero-order valence-corrected chi connectivity index (χ0v) is 9.53. The van der Waals surface area contributed by atoms with Crippen LogP contribution in [0.2, 0.25) is 0 Å². The van der Waals surface area contributed by atoms with Crippen molar-refractivity contribution in [2.24, 2.45) is 5.73 Å². The number of hydrogen-bond donors (Lipinski definition) is 2. The lowest BCUT2D eigenvalue weighted by atomic mass is 10.3. The number of aromatic nitrogens is 2. The van der Waals surface area contributed by atoms with E-state index in [2.05, 4.69) is 9.97 Å². The van der Waals surface area contributed by atoms with E-state index in [9.17, 15) is 0 Å². The molecule has 1 unspecified atom stereocenters. The van der Waals surface area contributed by atoms with Gasteiger partial charge in [0.1, 0.15) is 10.7 Å². The maximum atomic E-state index is 9.00. The van der Waals surface area contributed by atoms with Crippen molar-refractivity contribution in [2.45, 2.75) is 13.0 Å². The summed E-state index contributed by atoms with van der Waals surface area (Å²) in [6.07, 6.45) is 1.59. The third-order valence-corrected chi connectivity index (χ3v) is 2.35. The molecule has 3 N–H and O–H groups in total. The first-order valence-electron chi connectivity index (χ1n) is 4.52. The summed E-state index contributed by atoms with van der Waals surface area (Å²) in [6.45, 7) is 1.91. The lowest BCUT2D eigenvalue weighted by Crippen LogP contribution is -2.33. The fourth-order valence-corrected chi connectivity index (χ4v) is 1.09. The molecule has 1 aromatic rings. The molecule has 6 heteroatoms. The van der Waals surface area contributed by atoms with Gasteiger partial charge in [-0.15, -0.1) is 0 Å². The average Bonchev–Trinajstić information content (AvgIpc) is 2.27. The van der Waals surface area contributed by atoms with E-state index in [4.69, 9.17) is 23.1 Å². The molecule has 0 amide bonds. The Hall–Kier alpha value is -1.27. The standard InChI is InChI=1S/C9H14N4OS/c1-6(5-14)13(2)9-11-4-3-7(12-9)8(10)15/h3-4,6,14H,5H2,1-2H3,(H2,10,15). The van der Waals surface area contributed by atoms with Gasteiger partial charge in [-0.1, -0.05) is 12.2 Å². The summed E-state index contributed by atoms with van der Waals surface area (Å²) in [5.74, 6) is 0.502. The van der Waals surface area contributed by atoms with Crippen LogP contribution in [0.5, 0.6) is 0 Å². The molecule has 1 atom stereocenters. The maximum Gasteiger partial charge on any atom is 0.225 e. The van der Waals surface area contributed by atoms with E-state index in [0.29, 0.717) is 11.6 Å². The fraction of sp³-hybridized carbons (Fsp3) is 0.444. The molecule has 0 aliphatic carbocycles. The molecule has 0 saturated heterocycles. The Balaban J connectivity index is 2.94. The molecule has 0 saturated carbocycles. The molecule has 1 aromatic heterocycles. The van der Waals surface area contributed by atoms with E-state index in [1.54, 1.807) is 24.2 Å². The van der Waals surface area contributed by atoms with Crippen molar-refractivity contribution in [2.75, 3.05) is 18.6 Å². The zero-order chi connectivity index (χ0) is 11.4. The average molecular weight is 226 g/mol. The summed E-state index contributed by atoms with van der Waals surface area (Å²) in [6, 6.07) is 1.61. The monoisotopic (exact) mass is 226 g/mol. The molecule has 1 heterocycles. The molecule has 0 radical (unpaired) electrons. The number of nitrogens with zero attached hydrogens (tertiary/aromatic N) is 3. The van der Waals surface area contributed by atoms with Gasteiger partial charge in [0.05, 0.1) is 12.6 Å². The lowest BCUT2D eigenvalue weighted by molar-refractivity contribution is 0.269. The number of aliphatic hydroxyl groups excluding tert-OH is 1. The molecule has 0 aromatic carbocycles. The molecule has 0 fully saturated rings. The summed E-state index contributed by atoms with van der Waals surface area (Å²) >= 11 is 4.82. The molecular weight excluding hydrogens is 212 g/mol. The van der Waals surface area contributed by atoms with Gasteiger partial charge in [0, 0.05) is 13.2 Å². The second-order valence-corrected chi connectivity index (χ2v) is 3.69. The second kappa shape index (κ2) is 4.99. The van der Waals surface area contributed by atoms with Crippen LogP contribution in [0.1, 0.15) is 12.6 Å². The first-order valence-corrected chi connectivity index (χ1v) is 4.93. The van der Waals surface area contributed by atoms with Gasteiger partial charge in [0.25, 0.3) is 0 Å². The Morgan fingerprint density at radius 3 is 2.93 bits per heavy atom. The molecule has 15 heavy (non-hydrogen) atoms. The number of likely N-dealkylation sites (N-methyl/N-ethyl adjacent to an activating group) is 1. The van der Waals surface area contributed by atoms with Gasteiger partial charge in [-0.25, -0.2) is 9.97 Å². The summed E-state index contributed by atoms with van der Waals surface area (Å²) in [7, 11) is 1.81. The number of aliphatic hydroxyl groups is 1. The Labute approximate surface area is 93.9 Å². The Morgan fingerprint density at radius 1 is 1.73 bits per heavy atom. The maximum absolute atomic E-state index is 9.00. The highest BCUT2D eigenvalue weighted by Crippen LogP contribution is 2.08. The van der Waals surface area contributed by atoms with Crippen molar-refractivity contribution in [1.29, 1.82) is 0 Å². The summed E-state index contributed by atoms with van der Waals surface area (Å²) < 4.78 is 0. The van der Waals surface area contributed by atoms with Crippen LogP contribution in [0.25, 0.3) is 0 Å². The van der Waals surface area contributed by atoms with Crippen LogP contribution in [0.4, 0.5) is 5.95 Å². The number of anilines is 1. The number of hydrogen-bond acceptors (Lipinski definition) is 5. The normalized spacial score (nSPS) is 12.2. The predicted octanol–water partition coefficient (Wildman–Crippen LogP) is -0.0722. The van der Waals surface area contributed by atoms with Crippen LogP contribution in [-0.4, -0.2) is 39.8 Å². The van der Waals surface area contributed by atoms with Gasteiger partial charge < -0.3 is 15.7 Å². The molecule has 0 bridgehead atoms. The van der Waals surface area contributed by atoms with Crippen molar-refractivity contribution in [3.63, 3.8) is 0 Å². The van der Waals surface area contributed by atoms with Gasteiger partial charge in [0.15, 0.2) is 0 Å². The highest BCUT2D eigenvalue weighted by molar-refractivity contribution is 7.80. The van der Waals surface area contributed by atoms with Crippen LogP contribution in [0.3, 0.4) is 0 Å². The molecule has 0 spiro atoms. The van der Waals surface area contributed by atoms with Crippen molar-refractivity contribution in [3.8, 4) is 0 Å². The van der Waals surface area contributed by atoms with Gasteiger partial charge in [-0.3, -0.25) is 0 Å². The van der Waals surface area contributed by atoms with Crippen molar-refractivity contribution in [1.82, 2.24) is 9.97 Å². The SMILES string of the molecule is CC(CO)N(C)c1nccc(C(N)=S)n1. The highest BCUT2D eigenvalue weighted by Gasteiger charge is 2.12. The Kier molecular flexibility index (Phi) is 3.93. The van der Waals surface area contributed by atoms with Crippen LogP contribution in [0, 0.1) is 0 Å². The van der Waals surface area contributed by atoms with Crippen molar-refractivity contribution >= 4 is 23.2 Å². The van der Waals surface area contributed by atoms with E-state index in [0.717, 1.165) is 0 Å². The third-order valence-electron chi connectivity index (χ3n) is 2.14. The van der Waals surface area contributed by atoms with Crippen LogP contribution in [0.15, 0.2) is 12.3 Å². The van der Waals surface area contributed by atoms with E-state index in [1.165, 1.54) is 0 Å². The minimum absolute atomic E-state index is 0.0388. The molecule has 5 nitrogen and oxygen atoms in total. The molecule has 0 aliphatic rings. The number of nitrogens with two attached hydrogens (primary N) is 1.